The second-order valence-electron chi connectivity index (χ2n) is 10.2. The van der Waals surface area contributed by atoms with Crippen LogP contribution in [-0.4, -0.2) is 59.7 Å². The van der Waals surface area contributed by atoms with Crippen molar-refractivity contribution in [2.75, 3.05) is 32.2 Å². The van der Waals surface area contributed by atoms with E-state index in [4.69, 9.17) is 21.1 Å². The van der Waals surface area contributed by atoms with Gasteiger partial charge in [-0.15, -0.1) is 0 Å². The number of thiazole rings is 1. The lowest BCUT2D eigenvalue weighted by Crippen LogP contribution is -2.39. The third-order valence-corrected chi connectivity index (χ3v) is 10.8. The van der Waals surface area contributed by atoms with E-state index in [1.807, 2.05) is 6.07 Å². The highest BCUT2D eigenvalue weighted by molar-refractivity contribution is 8.00. The predicted octanol–water partition coefficient (Wildman–Crippen LogP) is 4.39. The Balaban J connectivity index is 1.46. The monoisotopic (exact) mass is 613 g/mol. The average molecular weight is 614 g/mol. The van der Waals surface area contributed by atoms with Crippen LogP contribution in [-0.2, 0) is 20.9 Å². The Labute approximate surface area is 250 Å². The molecule has 6 rings (SSSR count). The summed E-state index contributed by atoms with van der Waals surface area (Å²) in [4.78, 5) is 57.9. The summed E-state index contributed by atoms with van der Waals surface area (Å²) in [5, 5.41) is 0.270. The molecule has 214 valence electrons. The highest BCUT2D eigenvalue weighted by Crippen LogP contribution is 2.54. The molecule has 9 nitrogen and oxygen atoms in total. The number of rotatable bonds is 6. The first-order chi connectivity index (χ1) is 19.8. The minimum atomic E-state index is -0.783. The van der Waals surface area contributed by atoms with Crippen molar-refractivity contribution in [1.29, 1.82) is 0 Å². The van der Waals surface area contributed by atoms with Gasteiger partial charge in [0.15, 0.2) is 11.5 Å². The van der Waals surface area contributed by atoms with E-state index in [-0.39, 0.29) is 29.1 Å². The second-order valence-corrected chi connectivity index (χ2v) is 12.8. The highest BCUT2D eigenvalue weighted by atomic mass is 35.5. The topological polar surface area (TPSA) is 98.1 Å². The number of likely N-dealkylation sites (tertiary alicyclic amines) is 1. The number of piperidine rings is 1. The third-order valence-electron chi connectivity index (χ3n) is 7.90. The number of fused-ring (bicyclic) bond motifs is 2. The summed E-state index contributed by atoms with van der Waals surface area (Å²) in [5.41, 5.74) is 1.15. The van der Waals surface area contributed by atoms with E-state index in [1.165, 1.54) is 35.4 Å². The van der Waals surface area contributed by atoms with Crippen LogP contribution in [0.1, 0.15) is 35.6 Å². The number of carbonyl (C=O) groups is 3. The molecular formula is C29H28ClN3O6S2. The van der Waals surface area contributed by atoms with Crippen LogP contribution >= 0.6 is 34.7 Å². The molecule has 3 aromatic rings. The molecule has 3 aliphatic rings. The smallest absolute Gasteiger partial charge is 0.308 e. The molecule has 3 atom stereocenters. The van der Waals surface area contributed by atoms with Crippen LogP contribution in [0.2, 0.25) is 5.02 Å². The Morgan fingerprint density at radius 3 is 2.34 bits per heavy atom. The van der Waals surface area contributed by atoms with Gasteiger partial charge >= 0.3 is 4.87 Å². The average Bonchev–Trinajstić information content (AvgIpc) is 3.43. The van der Waals surface area contributed by atoms with Crippen LogP contribution in [0, 0.1) is 5.92 Å². The normalized spacial score (nSPS) is 22.0. The number of carbonyl (C=O) groups excluding carboxylic acids is 3. The van der Waals surface area contributed by atoms with Crippen LogP contribution in [0.15, 0.2) is 52.3 Å². The number of hydrogen-bond donors (Lipinski definition) is 0. The van der Waals surface area contributed by atoms with Gasteiger partial charge in [-0.25, -0.2) is 4.90 Å². The first-order valence-corrected chi connectivity index (χ1v) is 15.4. The maximum absolute atomic E-state index is 14.0. The molecule has 1 aromatic heterocycles. The van der Waals surface area contributed by atoms with Gasteiger partial charge in [-0.1, -0.05) is 40.8 Å². The van der Waals surface area contributed by atoms with Gasteiger partial charge in [0.05, 0.1) is 30.9 Å². The van der Waals surface area contributed by atoms with E-state index in [2.05, 4.69) is 0 Å². The summed E-state index contributed by atoms with van der Waals surface area (Å²) in [6, 6.07) is 11.9. The third kappa shape index (κ3) is 4.83. The van der Waals surface area contributed by atoms with Crippen molar-refractivity contribution in [2.45, 2.75) is 42.0 Å². The lowest BCUT2D eigenvalue weighted by atomic mass is 9.83. The van der Waals surface area contributed by atoms with Gasteiger partial charge in [0.25, 0.3) is 0 Å². The number of thioether (sulfide) groups is 1. The van der Waals surface area contributed by atoms with Gasteiger partial charge in [-0.2, -0.15) is 0 Å². The summed E-state index contributed by atoms with van der Waals surface area (Å²) in [7, 11) is 3.07. The zero-order chi connectivity index (χ0) is 28.8. The fourth-order valence-electron chi connectivity index (χ4n) is 5.88. The lowest BCUT2D eigenvalue weighted by molar-refractivity contribution is -0.133. The van der Waals surface area contributed by atoms with Gasteiger partial charge < -0.3 is 14.4 Å². The van der Waals surface area contributed by atoms with Crippen LogP contribution < -0.4 is 19.2 Å². The summed E-state index contributed by atoms with van der Waals surface area (Å²) >= 11 is 8.30. The number of nitrogens with zero attached hydrogens (tertiary/aromatic N) is 3. The van der Waals surface area contributed by atoms with E-state index < -0.39 is 17.1 Å². The van der Waals surface area contributed by atoms with Crippen molar-refractivity contribution in [1.82, 2.24) is 9.47 Å². The van der Waals surface area contributed by atoms with Crippen LogP contribution in [0.25, 0.3) is 0 Å². The number of halogens is 1. The summed E-state index contributed by atoms with van der Waals surface area (Å²) in [6.45, 7) is 1.25. The first kappa shape index (κ1) is 27.9. The highest BCUT2D eigenvalue weighted by Gasteiger charge is 2.57. The van der Waals surface area contributed by atoms with Crippen molar-refractivity contribution < 1.29 is 23.9 Å². The van der Waals surface area contributed by atoms with Crippen molar-refractivity contribution in [2.24, 2.45) is 5.92 Å². The summed E-state index contributed by atoms with van der Waals surface area (Å²) in [6.07, 6.45) is 2.97. The number of amides is 3. The SMILES string of the molecule is COc1ccc([C@H]2c3sc(=O)n(CC(=O)N4CCCCC4)c3SC3C(=O)N(c4ccc(Cl)cc4)C(=O)C32)cc1OC. The van der Waals surface area contributed by atoms with E-state index in [0.717, 1.165) is 30.6 Å². The van der Waals surface area contributed by atoms with E-state index in [1.54, 1.807) is 41.3 Å². The Kier molecular flexibility index (Phi) is 7.60. The Morgan fingerprint density at radius 2 is 1.66 bits per heavy atom. The Morgan fingerprint density at radius 1 is 0.951 bits per heavy atom. The molecule has 3 aliphatic heterocycles. The number of anilines is 1. The van der Waals surface area contributed by atoms with Gasteiger partial charge in [0, 0.05) is 28.9 Å². The maximum atomic E-state index is 14.0. The van der Waals surface area contributed by atoms with Crippen molar-refractivity contribution in [3.63, 3.8) is 0 Å². The molecule has 0 aliphatic carbocycles. The van der Waals surface area contributed by atoms with Crippen LogP contribution in [0.3, 0.4) is 0 Å². The van der Waals surface area contributed by atoms with Crippen molar-refractivity contribution in [3.05, 3.63) is 67.6 Å². The van der Waals surface area contributed by atoms with Gasteiger partial charge in [0.2, 0.25) is 17.7 Å². The zero-order valence-corrected chi connectivity index (χ0v) is 24.9. The molecule has 2 unspecified atom stereocenters. The van der Waals surface area contributed by atoms with Gasteiger partial charge in [-0.05, 0) is 61.2 Å². The lowest BCUT2D eigenvalue weighted by Gasteiger charge is -2.31. The zero-order valence-electron chi connectivity index (χ0n) is 22.5. The van der Waals surface area contributed by atoms with Crippen molar-refractivity contribution in [3.8, 4) is 11.5 Å². The molecule has 2 saturated heterocycles. The molecule has 4 heterocycles. The molecule has 2 fully saturated rings. The number of imide groups is 1. The molecule has 0 spiro atoms. The predicted molar refractivity (Wildman–Crippen MR) is 157 cm³/mol. The molecular weight excluding hydrogens is 586 g/mol. The molecule has 0 bridgehead atoms. The fourth-order valence-corrected chi connectivity index (χ4v) is 8.78. The van der Waals surface area contributed by atoms with E-state index in [9.17, 15) is 19.2 Å². The number of aromatic nitrogens is 1. The molecule has 3 amide bonds. The number of ether oxygens (including phenoxy) is 2. The molecule has 0 radical (unpaired) electrons. The first-order valence-electron chi connectivity index (χ1n) is 13.4. The maximum Gasteiger partial charge on any atom is 0.308 e. The molecule has 0 N–H and O–H groups in total. The fraction of sp³-hybridized carbons (Fsp3) is 0.379. The van der Waals surface area contributed by atoms with E-state index in [0.29, 0.717) is 50.8 Å². The van der Waals surface area contributed by atoms with Crippen LogP contribution in [0.5, 0.6) is 11.5 Å². The van der Waals surface area contributed by atoms with E-state index >= 15 is 0 Å². The number of benzene rings is 2. The quantitative estimate of drug-likeness (QED) is 0.380. The van der Waals surface area contributed by atoms with Gasteiger partial charge in [-0.3, -0.25) is 23.7 Å². The van der Waals surface area contributed by atoms with Gasteiger partial charge in [0.1, 0.15) is 11.8 Å². The minimum absolute atomic E-state index is 0.100. The molecule has 0 saturated carbocycles. The largest absolute Gasteiger partial charge is 0.493 e. The van der Waals surface area contributed by atoms with Crippen molar-refractivity contribution >= 4 is 58.1 Å². The Bertz CT molecular complexity index is 1580. The minimum Gasteiger partial charge on any atom is -0.493 e. The van der Waals surface area contributed by atoms with Crippen LogP contribution in [0.4, 0.5) is 5.69 Å². The number of methoxy groups -OCH3 is 2. The molecule has 2 aromatic carbocycles. The standard InChI is InChI=1S/C29H28ClN3O6S2/c1-38-19-11-6-16(14-20(19)39-2)22-23-24(27(36)33(26(23)35)18-9-7-17(30)8-10-18)40-28-25(22)41-29(37)32(28)15-21(34)31-12-4-3-5-13-31/h6-11,14,22-24H,3-5,12-13,15H2,1-2H3/t22-,23?,24?/m1/s1. The summed E-state index contributed by atoms with van der Waals surface area (Å²) < 4.78 is 12.4. The molecule has 12 heteroatoms. The summed E-state index contributed by atoms with van der Waals surface area (Å²) in [5.74, 6) is -1.21. The second kappa shape index (κ2) is 11.2. The Hall–Kier alpha value is -3.28. The molecule has 41 heavy (non-hydrogen) atoms. The number of hydrogen-bond acceptors (Lipinski definition) is 8.